The number of aromatic nitrogens is 2. The first-order chi connectivity index (χ1) is 11.6. The molecule has 24 heavy (non-hydrogen) atoms. The fourth-order valence-corrected chi connectivity index (χ4v) is 3.64. The molecule has 0 saturated heterocycles. The number of hydrogen-bond donors (Lipinski definition) is 1. The molecule has 0 spiro atoms. The Labute approximate surface area is 148 Å². The van der Waals surface area contributed by atoms with E-state index in [4.69, 9.17) is 0 Å². The summed E-state index contributed by atoms with van der Waals surface area (Å²) < 4.78 is 0. The number of nitrogens with zero attached hydrogens (tertiary/aromatic N) is 2. The molecule has 2 aromatic rings. The molecule has 1 atom stereocenters. The van der Waals surface area contributed by atoms with Crippen LogP contribution in [0.3, 0.4) is 0 Å². The maximum absolute atomic E-state index is 12.8. The summed E-state index contributed by atoms with van der Waals surface area (Å²) in [4.78, 5) is 12.8. The summed E-state index contributed by atoms with van der Waals surface area (Å²) >= 11 is 1.49. The Morgan fingerprint density at radius 3 is 2.42 bits per heavy atom. The minimum Gasteiger partial charge on any atom is -0.296 e. The lowest BCUT2D eigenvalue weighted by Crippen LogP contribution is -2.16. The molecule has 0 aliphatic heterocycles. The predicted molar refractivity (Wildman–Crippen MR) is 101 cm³/mol. The van der Waals surface area contributed by atoms with Crippen molar-refractivity contribution >= 4 is 22.4 Å². The van der Waals surface area contributed by atoms with E-state index in [0.717, 1.165) is 41.0 Å². The second-order valence-electron chi connectivity index (χ2n) is 6.10. The predicted octanol–water partition coefficient (Wildman–Crippen LogP) is 5.21. The lowest BCUT2D eigenvalue weighted by atomic mass is 9.97. The first kappa shape index (κ1) is 18.6. The number of amides is 1. The molecule has 1 unspecified atom stereocenters. The van der Waals surface area contributed by atoms with Gasteiger partial charge in [0.05, 0.1) is 0 Å². The van der Waals surface area contributed by atoms with Gasteiger partial charge < -0.3 is 0 Å². The van der Waals surface area contributed by atoms with Gasteiger partial charge in [0.2, 0.25) is 5.13 Å². The second kappa shape index (κ2) is 8.92. The first-order valence-corrected chi connectivity index (χ1v) is 9.67. The second-order valence-corrected chi connectivity index (χ2v) is 7.11. The van der Waals surface area contributed by atoms with Crippen LogP contribution in [-0.4, -0.2) is 16.1 Å². The van der Waals surface area contributed by atoms with Crippen LogP contribution in [0.1, 0.15) is 79.4 Å². The molecule has 2 rings (SSSR count). The van der Waals surface area contributed by atoms with Gasteiger partial charge in [-0.2, -0.15) is 0 Å². The largest absolute Gasteiger partial charge is 0.296 e. The molecule has 4 nitrogen and oxygen atoms in total. The average Bonchev–Trinajstić information content (AvgIpc) is 3.07. The van der Waals surface area contributed by atoms with Crippen molar-refractivity contribution in [1.29, 1.82) is 0 Å². The van der Waals surface area contributed by atoms with Gasteiger partial charge in [-0.05, 0) is 30.4 Å². The smallest absolute Gasteiger partial charge is 0.258 e. The van der Waals surface area contributed by atoms with Gasteiger partial charge >= 0.3 is 0 Å². The van der Waals surface area contributed by atoms with Gasteiger partial charge in [0.1, 0.15) is 5.01 Å². The molecule has 0 saturated carbocycles. The van der Waals surface area contributed by atoms with Crippen molar-refractivity contribution in [3.05, 3.63) is 39.9 Å². The number of unbranched alkanes of at least 4 members (excludes halogenated alkanes) is 1. The minimum absolute atomic E-state index is 0.0757. The number of carbonyl (C=O) groups is 1. The normalized spacial score (nSPS) is 12.2. The molecule has 130 valence electrons. The highest BCUT2D eigenvalue weighted by molar-refractivity contribution is 7.15. The van der Waals surface area contributed by atoms with E-state index in [2.05, 4.69) is 43.2 Å². The zero-order chi connectivity index (χ0) is 17.5. The van der Waals surface area contributed by atoms with Crippen LogP contribution in [0.15, 0.2) is 18.2 Å². The fraction of sp³-hybridized carbons (Fsp3) is 0.526. The lowest BCUT2D eigenvalue weighted by molar-refractivity contribution is 0.102. The topological polar surface area (TPSA) is 54.9 Å². The van der Waals surface area contributed by atoms with Crippen LogP contribution in [0.4, 0.5) is 5.13 Å². The van der Waals surface area contributed by atoms with Gasteiger partial charge in [-0.3, -0.25) is 10.1 Å². The van der Waals surface area contributed by atoms with Crippen molar-refractivity contribution in [3.8, 4) is 0 Å². The Morgan fingerprint density at radius 2 is 1.83 bits per heavy atom. The van der Waals surface area contributed by atoms with Gasteiger partial charge in [0, 0.05) is 11.5 Å². The van der Waals surface area contributed by atoms with Crippen LogP contribution in [-0.2, 0) is 12.8 Å². The number of rotatable bonds is 8. The molecular formula is C19H27N3OS. The van der Waals surface area contributed by atoms with Crippen LogP contribution in [0, 0.1) is 0 Å². The number of hydrogen-bond acceptors (Lipinski definition) is 4. The van der Waals surface area contributed by atoms with Crippen LogP contribution in [0.2, 0.25) is 0 Å². The van der Waals surface area contributed by atoms with E-state index in [-0.39, 0.29) is 5.91 Å². The molecule has 1 heterocycles. The van der Waals surface area contributed by atoms with Crippen molar-refractivity contribution in [2.75, 3.05) is 5.32 Å². The summed E-state index contributed by atoms with van der Waals surface area (Å²) in [6.45, 7) is 8.51. The number of benzene rings is 1. The molecule has 1 amide bonds. The molecule has 0 radical (unpaired) electrons. The minimum atomic E-state index is -0.0757. The maximum atomic E-state index is 12.8. The molecular weight excluding hydrogens is 318 g/mol. The number of carbonyl (C=O) groups excluding carboxylic acids is 1. The van der Waals surface area contributed by atoms with E-state index < -0.39 is 0 Å². The molecule has 5 heteroatoms. The summed E-state index contributed by atoms with van der Waals surface area (Å²) in [5.74, 6) is 0.315. The summed E-state index contributed by atoms with van der Waals surface area (Å²) in [5, 5.41) is 12.9. The van der Waals surface area contributed by atoms with Crippen LogP contribution in [0.25, 0.3) is 0 Å². The van der Waals surface area contributed by atoms with Crippen molar-refractivity contribution in [2.24, 2.45) is 0 Å². The summed E-state index contributed by atoms with van der Waals surface area (Å²) in [7, 11) is 0. The highest BCUT2D eigenvalue weighted by atomic mass is 32.1. The molecule has 1 N–H and O–H groups in total. The number of aryl methyl sites for hydroxylation is 2. The number of nitrogens with one attached hydrogen (secondary N) is 1. The monoisotopic (exact) mass is 345 g/mol. The molecule has 0 aliphatic carbocycles. The Bertz CT molecular complexity index is 659. The van der Waals surface area contributed by atoms with Gasteiger partial charge in [0.25, 0.3) is 5.91 Å². The standard InChI is InChI=1S/C19H27N3OS/c1-5-8-10-13(4)18-21-22-19(24-18)20-17(23)16-14(6-2)11-9-12-15(16)7-3/h9,11-13H,5-8,10H2,1-4H3,(H,20,22,23). The third-order valence-corrected chi connectivity index (χ3v) is 5.37. The van der Waals surface area contributed by atoms with E-state index in [1.165, 1.54) is 24.2 Å². The Morgan fingerprint density at radius 1 is 1.17 bits per heavy atom. The third kappa shape index (κ3) is 4.41. The lowest BCUT2D eigenvalue weighted by Gasteiger charge is -2.11. The van der Waals surface area contributed by atoms with Crippen LogP contribution in [0.5, 0.6) is 0 Å². The van der Waals surface area contributed by atoms with Gasteiger partial charge in [0.15, 0.2) is 0 Å². The Kier molecular flexibility index (Phi) is 6.91. The summed E-state index contributed by atoms with van der Waals surface area (Å²) in [5.41, 5.74) is 2.94. The maximum Gasteiger partial charge on any atom is 0.258 e. The third-order valence-electron chi connectivity index (χ3n) is 4.30. The van der Waals surface area contributed by atoms with E-state index >= 15 is 0 Å². The quantitative estimate of drug-likeness (QED) is 0.714. The molecule has 0 bridgehead atoms. The van der Waals surface area contributed by atoms with Crippen LogP contribution < -0.4 is 5.32 Å². The zero-order valence-corrected chi connectivity index (χ0v) is 15.9. The molecule has 1 aromatic heterocycles. The highest BCUT2D eigenvalue weighted by Crippen LogP contribution is 2.27. The Balaban J connectivity index is 2.15. The molecule has 0 fully saturated rings. The van der Waals surface area contributed by atoms with E-state index in [1.54, 1.807) is 0 Å². The van der Waals surface area contributed by atoms with Crippen molar-refractivity contribution in [1.82, 2.24) is 10.2 Å². The summed E-state index contributed by atoms with van der Waals surface area (Å²) in [6.07, 6.45) is 5.16. The van der Waals surface area contributed by atoms with Gasteiger partial charge in [-0.15, -0.1) is 10.2 Å². The van der Waals surface area contributed by atoms with Gasteiger partial charge in [-0.25, -0.2) is 0 Å². The van der Waals surface area contributed by atoms with E-state index in [9.17, 15) is 4.79 Å². The van der Waals surface area contributed by atoms with E-state index in [0.29, 0.717) is 11.0 Å². The zero-order valence-electron chi connectivity index (χ0n) is 15.1. The van der Waals surface area contributed by atoms with Crippen LogP contribution >= 0.6 is 11.3 Å². The first-order valence-electron chi connectivity index (χ1n) is 8.86. The van der Waals surface area contributed by atoms with E-state index in [1.807, 2.05) is 18.2 Å². The van der Waals surface area contributed by atoms with Gasteiger partial charge in [-0.1, -0.05) is 70.1 Å². The average molecular weight is 346 g/mol. The van der Waals surface area contributed by atoms with Crippen molar-refractivity contribution in [3.63, 3.8) is 0 Å². The Hall–Kier alpha value is -1.75. The van der Waals surface area contributed by atoms with Crippen molar-refractivity contribution in [2.45, 2.75) is 65.7 Å². The summed E-state index contributed by atoms with van der Waals surface area (Å²) in [6, 6.07) is 6.06. The SMILES string of the molecule is CCCCC(C)c1nnc(NC(=O)c2c(CC)cccc2CC)s1. The van der Waals surface area contributed by atoms with Crippen molar-refractivity contribution < 1.29 is 4.79 Å². The fourth-order valence-electron chi connectivity index (χ4n) is 2.81. The molecule has 0 aliphatic rings. The highest BCUT2D eigenvalue weighted by Gasteiger charge is 2.18. The molecule has 1 aromatic carbocycles. The number of anilines is 1.